The Bertz CT molecular complexity index is 1120. The number of nitrogens with zero attached hydrogens (tertiary/aromatic N) is 1. The quantitative estimate of drug-likeness (QED) is 0.318. The van der Waals surface area contributed by atoms with Crippen molar-refractivity contribution in [3.63, 3.8) is 0 Å². The van der Waals surface area contributed by atoms with Gasteiger partial charge in [-0.15, -0.1) is 0 Å². The van der Waals surface area contributed by atoms with Crippen molar-refractivity contribution >= 4 is 59.4 Å². The molecular formula is C23H22Br2N2O. The molecule has 0 bridgehead atoms. The molecule has 2 unspecified atom stereocenters. The smallest absolute Gasteiger partial charge is 0.130 e. The summed E-state index contributed by atoms with van der Waals surface area (Å²) in [6, 6.07) is 18.9. The maximum Gasteiger partial charge on any atom is 0.130 e. The van der Waals surface area contributed by atoms with Crippen molar-refractivity contribution in [2.24, 2.45) is 0 Å². The van der Waals surface area contributed by atoms with Crippen molar-refractivity contribution in [3.8, 4) is 0 Å². The molecule has 3 aromatic carbocycles. The molecule has 0 aliphatic rings. The second-order valence-corrected chi connectivity index (χ2v) is 9.17. The van der Waals surface area contributed by atoms with E-state index >= 15 is 0 Å². The number of anilines is 1. The van der Waals surface area contributed by atoms with E-state index in [4.69, 9.17) is 0 Å². The fourth-order valence-electron chi connectivity index (χ4n) is 3.75. The van der Waals surface area contributed by atoms with E-state index in [2.05, 4.69) is 98.1 Å². The second-order valence-electron chi connectivity index (χ2n) is 7.34. The van der Waals surface area contributed by atoms with Crippen molar-refractivity contribution in [1.29, 1.82) is 0 Å². The van der Waals surface area contributed by atoms with Gasteiger partial charge in [-0.3, -0.25) is 0 Å². The molecule has 1 heterocycles. The first-order valence-electron chi connectivity index (χ1n) is 9.26. The van der Waals surface area contributed by atoms with Crippen molar-refractivity contribution in [3.05, 3.63) is 74.7 Å². The maximum atomic E-state index is 10.7. The lowest BCUT2D eigenvalue weighted by atomic mass is 10.1. The predicted octanol–water partition coefficient (Wildman–Crippen LogP) is 6.93. The summed E-state index contributed by atoms with van der Waals surface area (Å²) in [5, 5.41) is 16.6. The van der Waals surface area contributed by atoms with Gasteiger partial charge in [-0.1, -0.05) is 44.0 Å². The third-order valence-corrected chi connectivity index (χ3v) is 6.14. The van der Waals surface area contributed by atoms with Crippen LogP contribution in [-0.2, 0) is 0 Å². The highest BCUT2D eigenvalue weighted by Crippen LogP contribution is 2.36. The molecule has 3 nitrogen and oxygen atoms in total. The Balaban J connectivity index is 1.97. The number of aryl methyl sites for hydroxylation is 2. The highest BCUT2D eigenvalue weighted by Gasteiger charge is 2.23. The first-order chi connectivity index (χ1) is 13.3. The van der Waals surface area contributed by atoms with E-state index in [9.17, 15) is 5.11 Å². The van der Waals surface area contributed by atoms with E-state index in [-0.39, 0.29) is 6.17 Å². The van der Waals surface area contributed by atoms with Crippen LogP contribution in [0.3, 0.4) is 0 Å². The molecule has 0 radical (unpaired) electrons. The number of rotatable bonds is 4. The van der Waals surface area contributed by atoms with Crippen molar-refractivity contribution < 1.29 is 5.11 Å². The second kappa shape index (κ2) is 7.54. The van der Waals surface area contributed by atoms with E-state index < -0.39 is 6.10 Å². The molecule has 1 aromatic heterocycles. The van der Waals surface area contributed by atoms with Crippen LogP contribution in [0.2, 0.25) is 0 Å². The van der Waals surface area contributed by atoms with Gasteiger partial charge in [0.1, 0.15) is 6.17 Å². The monoisotopic (exact) mass is 500 g/mol. The number of nitrogens with one attached hydrogen (secondary N) is 1. The Hall–Kier alpha value is -1.82. The summed E-state index contributed by atoms with van der Waals surface area (Å²) in [6.07, 6.45) is -0.895. The molecule has 28 heavy (non-hydrogen) atoms. The molecule has 0 saturated heterocycles. The standard InChI is InChI=1S/C23H22Br2N2O/c1-13-4-5-14(2)20(10-13)26-23(15(3)28)27-21-8-6-16(24)11-18(21)19-12-17(25)7-9-22(19)27/h4-12,15,23,26,28H,1-3H3. The zero-order valence-corrected chi connectivity index (χ0v) is 19.2. The van der Waals surface area contributed by atoms with E-state index in [1.165, 1.54) is 5.56 Å². The Morgan fingerprint density at radius 3 is 1.96 bits per heavy atom. The van der Waals surface area contributed by atoms with Gasteiger partial charge in [-0.25, -0.2) is 0 Å². The van der Waals surface area contributed by atoms with E-state index in [1.807, 2.05) is 19.1 Å². The van der Waals surface area contributed by atoms with Gasteiger partial charge < -0.3 is 15.0 Å². The number of hydrogen-bond donors (Lipinski definition) is 2. The SMILES string of the molecule is Cc1ccc(C)c(NC(C(C)O)n2c3ccc(Br)cc3c3cc(Br)ccc32)c1. The number of benzene rings is 3. The summed E-state index contributed by atoms with van der Waals surface area (Å²) in [7, 11) is 0. The van der Waals surface area contributed by atoms with E-state index in [0.29, 0.717) is 0 Å². The van der Waals surface area contributed by atoms with Gasteiger partial charge in [0.15, 0.2) is 0 Å². The van der Waals surface area contributed by atoms with Crippen LogP contribution in [0.4, 0.5) is 5.69 Å². The van der Waals surface area contributed by atoms with Crippen molar-refractivity contribution in [1.82, 2.24) is 4.57 Å². The third kappa shape index (κ3) is 3.47. The summed E-state index contributed by atoms with van der Waals surface area (Å²) in [5.74, 6) is 0. The van der Waals surface area contributed by atoms with Crippen LogP contribution in [0.25, 0.3) is 21.8 Å². The van der Waals surface area contributed by atoms with Crippen LogP contribution in [-0.4, -0.2) is 15.8 Å². The maximum absolute atomic E-state index is 10.7. The van der Waals surface area contributed by atoms with Gasteiger partial charge in [-0.2, -0.15) is 0 Å². The predicted molar refractivity (Wildman–Crippen MR) is 125 cm³/mol. The minimum atomic E-state index is -0.592. The summed E-state index contributed by atoms with van der Waals surface area (Å²) in [6.45, 7) is 6.00. The molecule has 4 rings (SSSR count). The zero-order chi connectivity index (χ0) is 20.0. The first kappa shape index (κ1) is 19.5. The van der Waals surface area contributed by atoms with Crippen LogP contribution in [0.1, 0.15) is 24.2 Å². The van der Waals surface area contributed by atoms with Crippen LogP contribution in [0.15, 0.2) is 63.5 Å². The average molecular weight is 502 g/mol. The highest BCUT2D eigenvalue weighted by molar-refractivity contribution is 9.10. The zero-order valence-electron chi connectivity index (χ0n) is 16.0. The Kier molecular flexibility index (Phi) is 5.25. The molecule has 144 valence electrons. The summed E-state index contributed by atoms with van der Waals surface area (Å²) in [4.78, 5) is 0. The molecular weight excluding hydrogens is 480 g/mol. The van der Waals surface area contributed by atoms with E-state index in [0.717, 1.165) is 42.0 Å². The Morgan fingerprint density at radius 1 is 0.857 bits per heavy atom. The molecule has 0 fully saturated rings. The Morgan fingerprint density at radius 2 is 1.43 bits per heavy atom. The molecule has 0 aliphatic carbocycles. The van der Waals surface area contributed by atoms with E-state index in [1.54, 1.807) is 0 Å². The van der Waals surface area contributed by atoms with Gasteiger partial charge in [0.25, 0.3) is 0 Å². The normalized spacial score (nSPS) is 13.8. The number of fused-ring (bicyclic) bond motifs is 3. The van der Waals surface area contributed by atoms with Gasteiger partial charge in [0.05, 0.1) is 17.1 Å². The fourth-order valence-corrected chi connectivity index (χ4v) is 4.47. The summed E-state index contributed by atoms with van der Waals surface area (Å²) >= 11 is 7.19. The summed E-state index contributed by atoms with van der Waals surface area (Å²) in [5.41, 5.74) is 5.55. The highest BCUT2D eigenvalue weighted by atomic mass is 79.9. The van der Waals surface area contributed by atoms with Gasteiger partial charge in [0.2, 0.25) is 0 Å². The summed E-state index contributed by atoms with van der Waals surface area (Å²) < 4.78 is 4.28. The molecule has 0 amide bonds. The van der Waals surface area contributed by atoms with Gasteiger partial charge in [-0.05, 0) is 74.4 Å². The number of halogens is 2. The molecule has 0 saturated carbocycles. The minimum Gasteiger partial charge on any atom is -0.389 e. The fraction of sp³-hybridized carbons (Fsp3) is 0.217. The van der Waals surface area contributed by atoms with Crippen LogP contribution < -0.4 is 5.32 Å². The van der Waals surface area contributed by atoms with Crippen molar-refractivity contribution in [2.75, 3.05) is 5.32 Å². The van der Waals surface area contributed by atoms with Gasteiger partial charge in [0, 0.05) is 25.4 Å². The minimum absolute atomic E-state index is 0.303. The number of aliphatic hydroxyl groups excluding tert-OH is 1. The lowest BCUT2D eigenvalue weighted by Crippen LogP contribution is -2.29. The first-order valence-corrected chi connectivity index (χ1v) is 10.8. The van der Waals surface area contributed by atoms with Crippen LogP contribution in [0.5, 0.6) is 0 Å². The number of aliphatic hydroxyl groups is 1. The molecule has 2 N–H and O–H groups in total. The molecule has 0 spiro atoms. The Labute approximate surface area is 181 Å². The largest absolute Gasteiger partial charge is 0.389 e. The number of aromatic nitrogens is 1. The lowest BCUT2D eigenvalue weighted by molar-refractivity contribution is 0.147. The van der Waals surface area contributed by atoms with Gasteiger partial charge >= 0.3 is 0 Å². The molecule has 0 aliphatic heterocycles. The molecule has 2 atom stereocenters. The van der Waals surface area contributed by atoms with Crippen LogP contribution >= 0.6 is 31.9 Å². The number of hydrogen-bond acceptors (Lipinski definition) is 2. The lowest BCUT2D eigenvalue weighted by Gasteiger charge is -2.27. The van der Waals surface area contributed by atoms with Crippen LogP contribution in [0, 0.1) is 13.8 Å². The molecule has 5 heteroatoms. The molecule has 4 aromatic rings. The third-order valence-electron chi connectivity index (χ3n) is 5.16. The topological polar surface area (TPSA) is 37.2 Å². The van der Waals surface area contributed by atoms with Crippen molar-refractivity contribution in [2.45, 2.75) is 33.0 Å². The average Bonchev–Trinajstić information content (AvgIpc) is 2.95.